The molecule has 33 heavy (non-hydrogen) atoms. The topological polar surface area (TPSA) is 67.2 Å². The molecular weight excluding hydrogens is 426 g/mol. The van der Waals surface area contributed by atoms with Gasteiger partial charge in [0.05, 0.1) is 17.9 Å². The summed E-state index contributed by atoms with van der Waals surface area (Å²) in [5.41, 5.74) is -0.188. The summed E-state index contributed by atoms with van der Waals surface area (Å²) in [7, 11) is 0. The van der Waals surface area contributed by atoms with Crippen molar-refractivity contribution in [2.24, 2.45) is 0 Å². The molecule has 0 bridgehead atoms. The third-order valence-corrected chi connectivity index (χ3v) is 5.86. The fourth-order valence-corrected chi connectivity index (χ4v) is 3.96. The first-order valence-electron chi connectivity index (χ1n) is 10.7. The Hall–Kier alpha value is -3.55. The zero-order valence-electron chi connectivity index (χ0n) is 19.0. The van der Waals surface area contributed by atoms with Gasteiger partial charge in [-0.25, -0.2) is 8.78 Å². The monoisotopic (exact) mass is 452 g/mol. The Morgan fingerprint density at radius 1 is 1.12 bits per heavy atom. The van der Waals surface area contributed by atoms with Crippen molar-refractivity contribution in [2.45, 2.75) is 51.7 Å². The van der Waals surface area contributed by atoms with Gasteiger partial charge in [-0.15, -0.1) is 0 Å². The summed E-state index contributed by atoms with van der Waals surface area (Å²) in [4.78, 5) is 28.2. The molecular formula is C25H26F2N4O2. The molecule has 6 nitrogen and oxygen atoms in total. The van der Waals surface area contributed by atoms with Gasteiger partial charge < -0.3 is 5.32 Å². The van der Waals surface area contributed by atoms with Crippen LogP contribution in [0.3, 0.4) is 0 Å². The van der Waals surface area contributed by atoms with Crippen LogP contribution in [0.4, 0.5) is 14.5 Å². The number of halogens is 2. The van der Waals surface area contributed by atoms with Crippen molar-refractivity contribution in [2.75, 3.05) is 4.90 Å². The van der Waals surface area contributed by atoms with E-state index in [-0.39, 0.29) is 29.9 Å². The Labute approximate surface area is 191 Å². The second-order valence-electron chi connectivity index (χ2n) is 9.50. The molecule has 0 saturated carbocycles. The number of carbonyl (C=O) groups excluding carboxylic acids is 2. The van der Waals surface area contributed by atoms with Crippen LogP contribution in [0.1, 0.15) is 49.4 Å². The molecule has 2 heterocycles. The number of fused-ring (bicyclic) bond motifs is 1. The highest BCUT2D eigenvalue weighted by Gasteiger charge is 2.49. The molecule has 0 unspecified atom stereocenters. The summed E-state index contributed by atoms with van der Waals surface area (Å²) in [5.74, 6) is -2.74. The largest absolute Gasteiger partial charge is 0.350 e. The van der Waals surface area contributed by atoms with Gasteiger partial charge in [-0.05, 0) is 30.7 Å². The number of hydrogen-bond donors (Lipinski definition) is 1. The molecule has 1 aliphatic heterocycles. The van der Waals surface area contributed by atoms with Gasteiger partial charge >= 0.3 is 0 Å². The molecule has 2 aromatic carbocycles. The fourth-order valence-electron chi connectivity index (χ4n) is 3.96. The van der Waals surface area contributed by atoms with Crippen LogP contribution >= 0.6 is 0 Å². The number of hydrogen-bond acceptors (Lipinski definition) is 3. The van der Waals surface area contributed by atoms with Gasteiger partial charge in [-0.2, -0.15) is 5.10 Å². The molecule has 0 saturated heterocycles. The predicted molar refractivity (Wildman–Crippen MR) is 121 cm³/mol. The van der Waals surface area contributed by atoms with E-state index in [2.05, 4.69) is 10.4 Å². The van der Waals surface area contributed by atoms with E-state index in [4.69, 9.17) is 0 Å². The van der Waals surface area contributed by atoms with E-state index in [1.807, 2.05) is 51.1 Å². The average molecular weight is 453 g/mol. The molecule has 1 aliphatic rings. The van der Waals surface area contributed by atoms with Crippen LogP contribution in [0.15, 0.2) is 54.6 Å². The zero-order valence-corrected chi connectivity index (χ0v) is 19.0. The van der Waals surface area contributed by atoms with E-state index in [0.717, 1.165) is 16.5 Å². The molecule has 172 valence electrons. The van der Waals surface area contributed by atoms with Gasteiger partial charge in [0.2, 0.25) is 5.91 Å². The standard InChI is InChI=1S/C25H26F2N4O2/c1-24(2,3)21-13-20-22(32)31(19-11-10-17(26)12-18(19)27)25(4,15-30(20)29-21)23(33)28-14-16-8-6-5-7-9-16/h5-13H,14-15H2,1-4H3,(H,28,33)/t25-/m0/s1. The quantitative estimate of drug-likeness (QED) is 0.645. The van der Waals surface area contributed by atoms with Gasteiger partial charge in [-0.3, -0.25) is 19.2 Å². The number of amides is 2. The number of aromatic nitrogens is 2. The number of nitrogens with zero attached hydrogens (tertiary/aromatic N) is 3. The molecule has 1 aromatic heterocycles. The first-order chi connectivity index (χ1) is 15.5. The minimum absolute atomic E-state index is 0.0155. The average Bonchev–Trinajstić information content (AvgIpc) is 3.19. The van der Waals surface area contributed by atoms with E-state index in [1.54, 1.807) is 13.0 Å². The molecule has 0 aliphatic carbocycles. The van der Waals surface area contributed by atoms with Crippen molar-refractivity contribution in [1.29, 1.82) is 0 Å². The number of anilines is 1. The van der Waals surface area contributed by atoms with Crippen LogP contribution in [-0.2, 0) is 23.3 Å². The maximum absolute atomic E-state index is 14.8. The number of rotatable bonds is 4. The molecule has 0 radical (unpaired) electrons. The third kappa shape index (κ3) is 4.13. The van der Waals surface area contributed by atoms with E-state index < -0.39 is 29.0 Å². The summed E-state index contributed by atoms with van der Waals surface area (Å²) < 4.78 is 30.0. The van der Waals surface area contributed by atoms with E-state index in [9.17, 15) is 18.4 Å². The van der Waals surface area contributed by atoms with Crippen molar-refractivity contribution in [3.8, 4) is 0 Å². The lowest BCUT2D eigenvalue weighted by molar-refractivity contribution is -0.126. The second-order valence-corrected chi connectivity index (χ2v) is 9.50. The van der Waals surface area contributed by atoms with Crippen LogP contribution in [0.5, 0.6) is 0 Å². The summed E-state index contributed by atoms with van der Waals surface area (Å²) in [6.45, 7) is 7.72. The third-order valence-electron chi connectivity index (χ3n) is 5.86. The molecule has 8 heteroatoms. The smallest absolute Gasteiger partial charge is 0.277 e. The van der Waals surface area contributed by atoms with Crippen molar-refractivity contribution < 1.29 is 18.4 Å². The summed E-state index contributed by atoms with van der Waals surface area (Å²) >= 11 is 0. The molecule has 0 fully saturated rings. The number of carbonyl (C=O) groups is 2. The van der Waals surface area contributed by atoms with Gasteiger partial charge in [0.25, 0.3) is 5.91 Å². The van der Waals surface area contributed by atoms with Crippen LogP contribution < -0.4 is 10.2 Å². The molecule has 2 amide bonds. The van der Waals surface area contributed by atoms with Crippen LogP contribution in [0, 0.1) is 11.6 Å². The van der Waals surface area contributed by atoms with Crippen molar-refractivity contribution in [1.82, 2.24) is 15.1 Å². The van der Waals surface area contributed by atoms with Gasteiger partial charge in [-0.1, -0.05) is 51.1 Å². The highest BCUT2D eigenvalue weighted by molar-refractivity contribution is 6.11. The molecule has 1 N–H and O–H groups in total. The summed E-state index contributed by atoms with van der Waals surface area (Å²) in [5, 5.41) is 7.43. The molecule has 3 aromatic rings. The van der Waals surface area contributed by atoms with Crippen molar-refractivity contribution in [3.05, 3.63) is 83.2 Å². The Balaban J connectivity index is 1.78. The minimum atomic E-state index is -1.50. The van der Waals surface area contributed by atoms with Crippen molar-refractivity contribution >= 4 is 17.5 Å². The van der Waals surface area contributed by atoms with Gasteiger partial charge in [0.15, 0.2) is 0 Å². The lowest BCUT2D eigenvalue weighted by Gasteiger charge is -2.43. The van der Waals surface area contributed by atoms with E-state index in [1.165, 1.54) is 10.7 Å². The second kappa shape index (κ2) is 8.10. The van der Waals surface area contributed by atoms with Gasteiger partial charge in [0, 0.05) is 18.0 Å². The zero-order chi connectivity index (χ0) is 24.0. The summed E-state index contributed by atoms with van der Waals surface area (Å²) in [6, 6.07) is 13.9. The Bertz CT molecular complexity index is 1220. The molecule has 4 rings (SSSR count). The Morgan fingerprint density at radius 3 is 2.45 bits per heavy atom. The first kappa shape index (κ1) is 22.6. The minimum Gasteiger partial charge on any atom is -0.350 e. The maximum atomic E-state index is 14.8. The Morgan fingerprint density at radius 2 is 1.82 bits per heavy atom. The van der Waals surface area contributed by atoms with E-state index in [0.29, 0.717) is 11.8 Å². The fraction of sp³-hybridized carbons (Fsp3) is 0.320. The lowest BCUT2D eigenvalue weighted by atomic mass is 9.91. The number of nitrogens with one attached hydrogen (secondary N) is 1. The van der Waals surface area contributed by atoms with Crippen LogP contribution in [0.25, 0.3) is 0 Å². The molecule has 1 atom stereocenters. The molecule has 0 spiro atoms. The highest BCUT2D eigenvalue weighted by atomic mass is 19.1. The SMILES string of the molecule is CC(C)(C)c1cc2n(n1)C[C@@](C)(C(=O)NCc1ccccc1)N(c1ccc(F)cc1F)C2=O. The van der Waals surface area contributed by atoms with Crippen molar-refractivity contribution in [3.63, 3.8) is 0 Å². The van der Waals surface area contributed by atoms with Gasteiger partial charge in [0.1, 0.15) is 22.9 Å². The predicted octanol–water partition coefficient (Wildman–Crippen LogP) is 4.19. The Kier molecular flexibility index (Phi) is 5.56. The highest BCUT2D eigenvalue weighted by Crippen LogP contribution is 2.35. The maximum Gasteiger partial charge on any atom is 0.277 e. The lowest BCUT2D eigenvalue weighted by Crippen LogP contribution is -2.64. The number of benzene rings is 2. The van der Waals surface area contributed by atoms with E-state index >= 15 is 0 Å². The summed E-state index contributed by atoms with van der Waals surface area (Å²) in [6.07, 6.45) is 0. The van der Waals surface area contributed by atoms with Crippen LogP contribution in [0.2, 0.25) is 0 Å². The first-order valence-corrected chi connectivity index (χ1v) is 10.7. The normalized spacial score (nSPS) is 18.2. The van der Waals surface area contributed by atoms with Crippen LogP contribution in [-0.4, -0.2) is 27.1 Å².